The number of nitrogens with zero attached hydrogens (tertiary/aromatic N) is 5. The first-order valence-corrected chi connectivity index (χ1v) is 17.1. The Morgan fingerprint density at radius 3 is 2.73 bits per heavy atom. The van der Waals surface area contributed by atoms with Crippen molar-refractivity contribution in [3.63, 3.8) is 0 Å². The fourth-order valence-electron chi connectivity index (χ4n) is 7.63. The number of hydrogen-bond acceptors (Lipinski definition) is 8. The summed E-state index contributed by atoms with van der Waals surface area (Å²) in [5.41, 5.74) is 6.24. The average Bonchev–Trinajstić information content (AvgIpc) is 3.92. The highest BCUT2D eigenvalue weighted by molar-refractivity contribution is 7.23. The zero-order valence-electron chi connectivity index (χ0n) is 26.1. The van der Waals surface area contributed by atoms with Gasteiger partial charge >= 0.3 is 0 Å². The Morgan fingerprint density at radius 2 is 1.90 bits per heavy atom. The number of rotatable bonds is 7. The van der Waals surface area contributed by atoms with E-state index in [-0.39, 0.29) is 29.6 Å². The predicted octanol–water partition coefficient (Wildman–Crippen LogP) is 8.17. The molecule has 4 aromatic heterocycles. The third-order valence-corrected chi connectivity index (χ3v) is 11.0. The van der Waals surface area contributed by atoms with Crippen LogP contribution in [0.3, 0.4) is 0 Å². The minimum absolute atomic E-state index is 0.0314. The van der Waals surface area contributed by atoms with Gasteiger partial charge in [0.05, 0.1) is 39.3 Å². The molecule has 8 nitrogen and oxygen atoms in total. The standard InChI is InChI=1S/C37H30F2N6O2S/c1-19-43-44-36(47-19)30-27(13-9-20-7-10-22(38)11-8-20)41-33-28-6-3-17-45(28)37(46)32(33)31(30)29-18-21-15-16-40-35(34(21)48-29)42-26-14-12-23-24(26)4-2-5-25(23)39/h2,4-5,7-8,10-11,15-16,18,26,28H,3,6,9,12-14,17H2,1H3,(H,40,42)/t26-,28?/m0/s1. The minimum Gasteiger partial charge on any atom is -0.421 e. The number of aromatic nitrogens is 4. The lowest BCUT2D eigenvalue weighted by Gasteiger charge is -2.16. The summed E-state index contributed by atoms with van der Waals surface area (Å²) in [6.07, 6.45) is 6.14. The van der Waals surface area contributed by atoms with Crippen molar-refractivity contribution in [2.75, 3.05) is 11.9 Å². The first kappa shape index (κ1) is 29.1. The number of thiophene rings is 1. The van der Waals surface area contributed by atoms with Crippen LogP contribution in [0.4, 0.5) is 14.6 Å². The van der Waals surface area contributed by atoms with Gasteiger partial charge in [-0.3, -0.25) is 9.78 Å². The van der Waals surface area contributed by atoms with Crippen LogP contribution < -0.4 is 5.32 Å². The zero-order chi connectivity index (χ0) is 32.5. The van der Waals surface area contributed by atoms with Crippen LogP contribution in [0.15, 0.2) is 65.2 Å². The van der Waals surface area contributed by atoms with Crippen LogP contribution in [0, 0.1) is 18.6 Å². The number of carbonyl (C=O) groups is 1. The monoisotopic (exact) mass is 660 g/mol. The van der Waals surface area contributed by atoms with Gasteiger partial charge < -0.3 is 14.6 Å². The summed E-state index contributed by atoms with van der Waals surface area (Å²) < 4.78 is 35.3. The van der Waals surface area contributed by atoms with Crippen molar-refractivity contribution in [3.8, 4) is 21.9 Å². The van der Waals surface area contributed by atoms with Crippen molar-refractivity contribution in [1.29, 1.82) is 0 Å². The number of hydrogen-bond donors (Lipinski definition) is 1. The fraction of sp³-hybridized carbons (Fsp3) is 0.270. The van der Waals surface area contributed by atoms with Crippen molar-refractivity contribution < 1.29 is 18.0 Å². The van der Waals surface area contributed by atoms with E-state index in [1.165, 1.54) is 18.2 Å². The third-order valence-electron chi connectivity index (χ3n) is 9.85. The van der Waals surface area contributed by atoms with Crippen molar-refractivity contribution in [2.45, 2.75) is 57.5 Å². The van der Waals surface area contributed by atoms with Crippen LogP contribution >= 0.6 is 11.3 Å². The lowest BCUT2D eigenvalue weighted by atomic mass is 9.93. The molecule has 1 unspecified atom stereocenters. The molecule has 2 aliphatic heterocycles. The van der Waals surface area contributed by atoms with Gasteiger partial charge in [-0.05, 0) is 90.9 Å². The maximum atomic E-state index is 14.5. The van der Waals surface area contributed by atoms with Crippen LogP contribution in [0.5, 0.6) is 0 Å². The molecular formula is C37H30F2N6O2S. The van der Waals surface area contributed by atoms with E-state index >= 15 is 0 Å². The Hall–Kier alpha value is -5.03. The van der Waals surface area contributed by atoms with Crippen LogP contribution in [-0.2, 0) is 19.3 Å². The summed E-state index contributed by atoms with van der Waals surface area (Å²) in [6, 6.07) is 15.7. The molecule has 1 N–H and O–H groups in total. The largest absolute Gasteiger partial charge is 0.421 e. The molecule has 6 aromatic rings. The molecule has 1 saturated heterocycles. The maximum absolute atomic E-state index is 14.5. The number of amides is 1. The lowest BCUT2D eigenvalue weighted by Crippen LogP contribution is -2.22. The van der Waals surface area contributed by atoms with E-state index in [9.17, 15) is 13.6 Å². The quantitative estimate of drug-likeness (QED) is 0.185. The predicted molar refractivity (Wildman–Crippen MR) is 179 cm³/mol. The molecule has 3 aliphatic rings. The van der Waals surface area contributed by atoms with Crippen molar-refractivity contribution >= 4 is 33.1 Å². The Labute approximate surface area is 278 Å². The molecule has 11 heteroatoms. The number of pyridine rings is 2. The highest BCUT2D eigenvalue weighted by Crippen LogP contribution is 2.50. The third kappa shape index (κ3) is 4.70. The van der Waals surface area contributed by atoms with E-state index in [0.29, 0.717) is 48.7 Å². The van der Waals surface area contributed by atoms with E-state index in [1.54, 1.807) is 42.7 Å². The summed E-state index contributed by atoms with van der Waals surface area (Å²) in [6.45, 7) is 2.43. The summed E-state index contributed by atoms with van der Waals surface area (Å²) in [5.74, 6) is 0.956. The van der Waals surface area contributed by atoms with Crippen LogP contribution in [0.1, 0.15) is 75.7 Å². The molecular weight excluding hydrogens is 631 g/mol. The Balaban J connectivity index is 1.21. The molecule has 2 aromatic carbocycles. The molecule has 240 valence electrons. The van der Waals surface area contributed by atoms with Gasteiger partial charge in [-0.15, -0.1) is 21.5 Å². The van der Waals surface area contributed by atoms with E-state index in [2.05, 4.69) is 21.6 Å². The smallest absolute Gasteiger partial charge is 0.257 e. The molecule has 9 rings (SSSR count). The average molecular weight is 661 g/mol. The summed E-state index contributed by atoms with van der Waals surface area (Å²) in [7, 11) is 0. The molecule has 0 bridgehead atoms. The van der Waals surface area contributed by atoms with Gasteiger partial charge in [-0.25, -0.2) is 13.8 Å². The second-order valence-electron chi connectivity index (χ2n) is 12.7. The van der Waals surface area contributed by atoms with Gasteiger partial charge in [-0.2, -0.15) is 0 Å². The van der Waals surface area contributed by atoms with E-state index in [1.807, 2.05) is 17.0 Å². The Kier molecular flexibility index (Phi) is 6.86. The van der Waals surface area contributed by atoms with Crippen molar-refractivity contribution in [3.05, 3.63) is 112 Å². The van der Waals surface area contributed by atoms with Gasteiger partial charge in [0.1, 0.15) is 17.5 Å². The number of aryl methyl sites for hydroxylation is 3. The van der Waals surface area contributed by atoms with Crippen molar-refractivity contribution in [2.24, 2.45) is 0 Å². The molecule has 0 spiro atoms. The normalized spacial score (nSPS) is 18.1. The van der Waals surface area contributed by atoms with Crippen LogP contribution in [-0.4, -0.2) is 37.5 Å². The van der Waals surface area contributed by atoms with Gasteiger partial charge in [0.15, 0.2) is 0 Å². The molecule has 48 heavy (non-hydrogen) atoms. The highest BCUT2D eigenvalue weighted by atomic mass is 32.1. The summed E-state index contributed by atoms with van der Waals surface area (Å²) >= 11 is 1.55. The molecule has 6 heterocycles. The van der Waals surface area contributed by atoms with E-state index < -0.39 is 0 Å². The summed E-state index contributed by atoms with van der Waals surface area (Å²) in [4.78, 5) is 26.9. The van der Waals surface area contributed by atoms with Gasteiger partial charge in [0.25, 0.3) is 5.91 Å². The van der Waals surface area contributed by atoms with Crippen LogP contribution in [0.2, 0.25) is 0 Å². The number of carbonyl (C=O) groups excluding carboxylic acids is 1. The number of fused-ring (bicyclic) bond motifs is 5. The molecule has 1 fully saturated rings. The molecule has 2 atom stereocenters. The SMILES string of the molecule is Cc1nnc(-c2c(CCc3ccc(F)cc3)nc3c(c2-c2cc4ccnc(N[C@H]5CCc6c(F)cccc65)c4s2)C(=O)N2CCCC32)o1. The first-order valence-electron chi connectivity index (χ1n) is 16.3. The molecule has 1 amide bonds. The van der Waals surface area contributed by atoms with Gasteiger partial charge in [0, 0.05) is 30.1 Å². The molecule has 0 radical (unpaired) electrons. The second kappa shape index (κ2) is 11.3. The molecule has 0 saturated carbocycles. The highest BCUT2D eigenvalue weighted by Gasteiger charge is 2.45. The number of halogens is 2. The first-order chi connectivity index (χ1) is 23.4. The fourth-order valence-corrected chi connectivity index (χ4v) is 8.80. The van der Waals surface area contributed by atoms with Gasteiger partial charge in [0.2, 0.25) is 11.8 Å². The number of benzene rings is 2. The van der Waals surface area contributed by atoms with Crippen LogP contribution in [0.25, 0.3) is 32.0 Å². The van der Waals surface area contributed by atoms with E-state index in [4.69, 9.17) is 14.4 Å². The number of nitrogens with one attached hydrogen (secondary N) is 1. The maximum Gasteiger partial charge on any atom is 0.257 e. The van der Waals surface area contributed by atoms with Gasteiger partial charge in [-0.1, -0.05) is 24.3 Å². The topological polar surface area (TPSA) is 97.0 Å². The lowest BCUT2D eigenvalue weighted by molar-refractivity contribution is 0.0776. The number of anilines is 1. The Morgan fingerprint density at radius 1 is 1.02 bits per heavy atom. The van der Waals surface area contributed by atoms with E-state index in [0.717, 1.165) is 73.7 Å². The van der Waals surface area contributed by atoms with Crippen molar-refractivity contribution in [1.82, 2.24) is 25.1 Å². The minimum atomic E-state index is -0.282. The summed E-state index contributed by atoms with van der Waals surface area (Å²) in [5, 5.41) is 13.2. The zero-order valence-corrected chi connectivity index (χ0v) is 26.9. The molecule has 1 aliphatic carbocycles. The second-order valence-corrected chi connectivity index (χ2v) is 13.8. The Bertz CT molecular complexity index is 2250.